The summed E-state index contributed by atoms with van der Waals surface area (Å²) in [5.74, 6) is -0.0229. The molecular weight excluding hydrogens is 217 g/mol. The number of halogens is 1. The second kappa shape index (κ2) is 4.46. The Morgan fingerprint density at radius 3 is 2.76 bits per heavy atom. The minimum atomic E-state index is -1.03. The summed E-state index contributed by atoms with van der Waals surface area (Å²) >= 11 is 0. The Bertz CT molecular complexity index is 454. The van der Waals surface area contributed by atoms with Gasteiger partial charge < -0.3 is 5.11 Å². The molecule has 0 radical (unpaired) electrons. The van der Waals surface area contributed by atoms with Gasteiger partial charge in [-0.1, -0.05) is 25.1 Å². The zero-order chi connectivity index (χ0) is 12.5. The average Bonchev–Trinajstić information content (AvgIpc) is 2.72. The van der Waals surface area contributed by atoms with E-state index in [0.717, 1.165) is 6.42 Å². The number of hydrogen-bond donors (Lipinski definition) is 1. The van der Waals surface area contributed by atoms with E-state index in [-0.39, 0.29) is 5.56 Å². The van der Waals surface area contributed by atoms with Crippen molar-refractivity contribution in [2.75, 3.05) is 0 Å². The van der Waals surface area contributed by atoms with Gasteiger partial charge in [0.25, 0.3) is 0 Å². The molecular formula is C14H16FNO. The molecule has 0 aliphatic heterocycles. The summed E-state index contributed by atoms with van der Waals surface area (Å²) in [5.41, 5.74) is -0.579. The van der Waals surface area contributed by atoms with Crippen molar-refractivity contribution in [3.8, 4) is 6.07 Å². The molecule has 0 saturated heterocycles. The molecule has 1 aliphatic carbocycles. The van der Waals surface area contributed by atoms with Gasteiger partial charge >= 0.3 is 0 Å². The van der Waals surface area contributed by atoms with Crippen molar-refractivity contribution >= 4 is 0 Å². The number of aliphatic hydroxyl groups is 1. The minimum Gasteiger partial charge on any atom is -0.387 e. The van der Waals surface area contributed by atoms with Crippen LogP contribution in [0.1, 0.15) is 37.9 Å². The SMILES string of the molecule is CC1CCC(C#N)(C(O)c2ccccc2F)C1. The molecule has 0 aromatic heterocycles. The number of nitrogens with zero attached hydrogens (tertiary/aromatic N) is 1. The van der Waals surface area contributed by atoms with Crippen molar-refractivity contribution in [2.45, 2.75) is 32.3 Å². The lowest BCUT2D eigenvalue weighted by Gasteiger charge is -2.27. The van der Waals surface area contributed by atoms with E-state index in [0.29, 0.717) is 18.8 Å². The number of nitriles is 1. The lowest BCUT2D eigenvalue weighted by atomic mass is 9.78. The molecule has 2 rings (SSSR count). The first-order chi connectivity index (χ1) is 8.09. The highest BCUT2D eigenvalue weighted by molar-refractivity contribution is 5.25. The molecule has 2 nitrogen and oxygen atoms in total. The Kier molecular flexibility index (Phi) is 3.17. The van der Waals surface area contributed by atoms with E-state index in [1.165, 1.54) is 6.07 Å². The molecule has 1 aromatic carbocycles. The molecule has 0 bridgehead atoms. The van der Waals surface area contributed by atoms with Crippen LogP contribution in [0.3, 0.4) is 0 Å². The van der Waals surface area contributed by atoms with Crippen molar-refractivity contribution in [3.63, 3.8) is 0 Å². The third-order valence-corrected chi connectivity index (χ3v) is 3.74. The lowest BCUT2D eigenvalue weighted by molar-refractivity contribution is 0.0615. The van der Waals surface area contributed by atoms with E-state index in [1.807, 2.05) is 0 Å². The highest BCUT2D eigenvalue weighted by atomic mass is 19.1. The minimum absolute atomic E-state index is 0.239. The van der Waals surface area contributed by atoms with Gasteiger partial charge in [0.1, 0.15) is 11.9 Å². The average molecular weight is 233 g/mol. The quantitative estimate of drug-likeness (QED) is 0.852. The Balaban J connectivity index is 2.34. The Morgan fingerprint density at radius 2 is 2.24 bits per heavy atom. The van der Waals surface area contributed by atoms with Crippen molar-refractivity contribution in [1.29, 1.82) is 5.26 Å². The maximum Gasteiger partial charge on any atom is 0.129 e. The second-order valence-corrected chi connectivity index (χ2v) is 5.04. The van der Waals surface area contributed by atoms with Crippen molar-refractivity contribution in [2.24, 2.45) is 11.3 Å². The number of hydrogen-bond acceptors (Lipinski definition) is 2. The van der Waals surface area contributed by atoms with E-state index >= 15 is 0 Å². The normalized spacial score (nSPS) is 29.9. The van der Waals surface area contributed by atoms with E-state index in [4.69, 9.17) is 0 Å². The molecule has 3 heteroatoms. The fraction of sp³-hybridized carbons (Fsp3) is 0.500. The summed E-state index contributed by atoms with van der Waals surface area (Å²) in [7, 11) is 0. The third kappa shape index (κ3) is 2.05. The molecule has 3 unspecified atom stereocenters. The Labute approximate surface area is 101 Å². The van der Waals surface area contributed by atoms with E-state index < -0.39 is 17.3 Å². The van der Waals surface area contributed by atoms with E-state index in [1.54, 1.807) is 18.2 Å². The largest absolute Gasteiger partial charge is 0.387 e. The molecule has 1 aliphatic rings. The molecule has 0 heterocycles. The first-order valence-corrected chi connectivity index (χ1v) is 5.93. The van der Waals surface area contributed by atoms with Gasteiger partial charge in [-0.15, -0.1) is 0 Å². The summed E-state index contributed by atoms with van der Waals surface area (Å²) in [6.07, 6.45) is 1.16. The van der Waals surface area contributed by atoms with Crippen LogP contribution in [0.5, 0.6) is 0 Å². The van der Waals surface area contributed by atoms with Crippen molar-refractivity contribution < 1.29 is 9.50 Å². The van der Waals surface area contributed by atoms with E-state index in [9.17, 15) is 14.8 Å². The highest BCUT2D eigenvalue weighted by Gasteiger charge is 2.45. The van der Waals surface area contributed by atoms with Crippen LogP contribution in [-0.2, 0) is 0 Å². The Hall–Kier alpha value is -1.40. The summed E-state index contributed by atoms with van der Waals surface area (Å²) < 4.78 is 13.6. The van der Waals surface area contributed by atoms with Gasteiger partial charge in [0, 0.05) is 5.56 Å². The van der Waals surface area contributed by atoms with Crippen molar-refractivity contribution in [1.82, 2.24) is 0 Å². The monoisotopic (exact) mass is 233 g/mol. The predicted molar refractivity (Wildman–Crippen MR) is 62.4 cm³/mol. The molecule has 1 aromatic rings. The lowest BCUT2D eigenvalue weighted by Crippen LogP contribution is -2.25. The molecule has 0 spiro atoms. The fourth-order valence-electron chi connectivity index (χ4n) is 2.74. The van der Waals surface area contributed by atoms with Crippen LogP contribution in [0.15, 0.2) is 24.3 Å². The third-order valence-electron chi connectivity index (χ3n) is 3.74. The molecule has 90 valence electrons. The molecule has 3 atom stereocenters. The molecule has 1 fully saturated rings. The van der Waals surface area contributed by atoms with Gasteiger partial charge in [-0.05, 0) is 31.2 Å². The smallest absolute Gasteiger partial charge is 0.129 e. The van der Waals surface area contributed by atoms with Crippen LogP contribution >= 0.6 is 0 Å². The summed E-state index contributed by atoms with van der Waals surface area (Å²) in [6.45, 7) is 2.06. The van der Waals surface area contributed by atoms with Gasteiger partial charge in [0.15, 0.2) is 0 Å². The predicted octanol–water partition coefficient (Wildman–Crippen LogP) is 3.19. The van der Waals surface area contributed by atoms with Crippen LogP contribution in [0.25, 0.3) is 0 Å². The first-order valence-electron chi connectivity index (χ1n) is 5.93. The van der Waals surface area contributed by atoms with Gasteiger partial charge in [0.2, 0.25) is 0 Å². The second-order valence-electron chi connectivity index (χ2n) is 5.04. The maximum absolute atomic E-state index is 13.6. The van der Waals surface area contributed by atoms with Crippen LogP contribution in [-0.4, -0.2) is 5.11 Å². The van der Waals surface area contributed by atoms with Gasteiger partial charge in [-0.2, -0.15) is 5.26 Å². The molecule has 1 N–H and O–H groups in total. The highest BCUT2D eigenvalue weighted by Crippen LogP contribution is 2.49. The number of benzene rings is 1. The zero-order valence-electron chi connectivity index (χ0n) is 9.86. The van der Waals surface area contributed by atoms with Gasteiger partial charge in [0.05, 0.1) is 11.5 Å². The van der Waals surface area contributed by atoms with Gasteiger partial charge in [-0.25, -0.2) is 4.39 Å². The van der Waals surface area contributed by atoms with Crippen LogP contribution < -0.4 is 0 Å². The summed E-state index contributed by atoms with van der Waals surface area (Å²) in [6, 6.07) is 8.37. The standard InChI is InChI=1S/C14H16FNO/c1-10-6-7-14(8-10,9-16)13(17)11-4-2-3-5-12(11)15/h2-5,10,13,17H,6-8H2,1H3. The van der Waals surface area contributed by atoms with E-state index in [2.05, 4.69) is 13.0 Å². The molecule has 0 amide bonds. The fourth-order valence-corrected chi connectivity index (χ4v) is 2.74. The zero-order valence-corrected chi connectivity index (χ0v) is 9.86. The van der Waals surface area contributed by atoms with Crippen LogP contribution in [0.2, 0.25) is 0 Å². The summed E-state index contributed by atoms with van der Waals surface area (Å²) in [4.78, 5) is 0. The first kappa shape index (κ1) is 12.1. The number of aliphatic hydroxyl groups excluding tert-OH is 1. The topological polar surface area (TPSA) is 44.0 Å². The number of rotatable bonds is 2. The maximum atomic E-state index is 13.6. The molecule has 1 saturated carbocycles. The van der Waals surface area contributed by atoms with Crippen LogP contribution in [0.4, 0.5) is 4.39 Å². The Morgan fingerprint density at radius 1 is 1.53 bits per heavy atom. The summed E-state index contributed by atoms with van der Waals surface area (Å²) in [5, 5.41) is 19.6. The van der Waals surface area contributed by atoms with Crippen LogP contribution in [0, 0.1) is 28.5 Å². The molecule has 17 heavy (non-hydrogen) atoms. The van der Waals surface area contributed by atoms with Crippen molar-refractivity contribution in [3.05, 3.63) is 35.6 Å². The van der Waals surface area contributed by atoms with Gasteiger partial charge in [-0.3, -0.25) is 0 Å².